The standard InChI is InChI=1S/C19H24N4O2/c1-25-17-9-5-4-8-15(17)13-20-19(24)16-12-18(22-14-21-16)23-10-6-2-3-7-11-23/h4-5,8-9,12,14H,2-3,6-7,10-11,13H2,1H3,(H,20,24). The Labute approximate surface area is 148 Å². The highest BCUT2D eigenvalue weighted by molar-refractivity contribution is 5.92. The van der Waals surface area contributed by atoms with Crippen molar-refractivity contribution in [2.24, 2.45) is 0 Å². The van der Waals surface area contributed by atoms with E-state index in [0.29, 0.717) is 12.2 Å². The molecule has 0 unspecified atom stereocenters. The summed E-state index contributed by atoms with van der Waals surface area (Å²) < 4.78 is 5.31. The van der Waals surface area contributed by atoms with Gasteiger partial charge in [-0.1, -0.05) is 31.0 Å². The number of nitrogens with zero attached hydrogens (tertiary/aromatic N) is 3. The van der Waals surface area contributed by atoms with Crippen LogP contribution in [0.5, 0.6) is 5.75 Å². The predicted octanol–water partition coefficient (Wildman–Crippen LogP) is 2.80. The average Bonchev–Trinajstić information content (AvgIpc) is 2.96. The van der Waals surface area contributed by atoms with E-state index in [9.17, 15) is 4.79 Å². The molecule has 1 fully saturated rings. The molecule has 0 spiro atoms. The number of para-hydroxylation sites is 1. The lowest BCUT2D eigenvalue weighted by Gasteiger charge is -2.21. The maximum Gasteiger partial charge on any atom is 0.270 e. The molecule has 1 N–H and O–H groups in total. The lowest BCUT2D eigenvalue weighted by atomic mass is 10.2. The zero-order valence-electron chi connectivity index (χ0n) is 14.6. The van der Waals surface area contributed by atoms with Crippen LogP contribution < -0.4 is 15.0 Å². The second-order valence-corrected chi connectivity index (χ2v) is 6.16. The zero-order valence-corrected chi connectivity index (χ0v) is 14.6. The van der Waals surface area contributed by atoms with Crippen LogP contribution in [-0.2, 0) is 6.54 Å². The van der Waals surface area contributed by atoms with Crippen molar-refractivity contribution < 1.29 is 9.53 Å². The molecule has 0 atom stereocenters. The normalized spacial score (nSPS) is 14.7. The van der Waals surface area contributed by atoms with Gasteiger partial charge < -0.3 is 15.0 Å². The number of hydrogen-bond donors (Lipinski definition) is 1. The fraction of sp³-hybridized carbons (Fsp3) is 0.421. The summed E-state index contributed by atoms with van der Waals surface area (Å²) in [5.74, 6) is 1.39. The van der Waals surface area contributed by atoms with E-state index in [1.54, 1.807) is 13.2 Å². The number of rotatable bonds is 5. The van der Waals surface area contributed by atoms with E-state index in [1.165, 1.54) is 32.0 Å². The van der Waals surface area contributed by atoms with Gasteiger partial charge in [0.1, 0.15) is 23.6 Å². The van der Waals surface area contributed by atoms with Crippen molar-refractivity contribution in [2.45, 2.75) is 32.2 Å². The Balaban J connectivity index is 1.66. The summed E-state index contributed by atoms with van der Waals surface area (Å²) in [6.45, 7) is 2.37. The number of amides is 1. The van der Waals surface area contributed by atoms with Gasteiger partial charge >= 0.3 is 0 Å². The molecule has 0 bridgehead atoms. The summed E-state index contributed by atoms with van der Waals surface area (Å²) in [5.41, 5.74) is 1.32. The summed E-state index contributed by atoms with van der Waals surface area (Å²) in [7, 11) is 1.62. The van der Waals surface area contributed by atoms with Crippen LogP contribution in [0.2, 0.25) is 0 Å². The molecule has 1 aliphatic rings. The second-order valence-electron chi connectivity index (χ2n) is 6.16. The maximum absolute atomic E-state index is 12.5. The molecule has 6 nitrogen and oxygen atoms in total. The molecule has 0 radical (unpaired) electrons. The van der Waals surface area contributed by atoms with Gasteiger partial charge in [0.05, 0.1) is 7.11 Å². The lowest BCUT2D eigenvalue weighted by molar-refractivity contribution is 0.0945. The molecule has 2 aromatic rings. The molecule has 1 aliphatic heterocycles. The van der Waals surface area contributed by atoms with Crippen LogP contribution in [0, 0.1) is 0 Å². The van der Waals surface area contributed by atoms with Gasteiger partial charge in [0.2, 0.25) is 0 Å². The van der Waals surface area contributed by atoms with Crippen molar-refractivity contribution in [2.75, 3.05) is 25.1 Å². The van der Waals surface area contributed by atoms with Crippen LogP contribution in [0.3, 0.4) is 0 Å². The minimum Gasteiger partial charge on any atom is -0.496 e. The molecule has 1 amide bonds. The third-order valence-electron chi connectivity index (χ3n) is 4.45. The van der Waals surface area contributed by atoms with Gasteiger partial charge in [0.15, 0.2) is 0 Å². The van der Waals surface area contributed by atoms with Gasteiger partial charge in [-0.25, -0.2) is 9.97 Å². The molecular formula is C19H24N4O2. The maximum atomic E-state index is 12.5. The van der Waals surface area contributed by atoms with E-state index < -0.39 is 0 Å². The lowest BCUT2D eigenvalue weighted by Crippen LogP contribution is -2.27. The van der Waals surface area contributed by atoms with E-state index in [2.05, 4.69) is 20.2 Å². The van der Waals surface area contributed by atoms with E-state index in [1.807, 2.05) is 24.3 Å². The number of anilines is 1. The van der Waals surface area contributed by atoms with Crippen LogP contribution >= 0.6 is 0 Å². The van der Waals surface area contributed by atoms with Crippen LogP contribution in [0.1, 0.15) is 41.7 Å². The highest BCUT2D eigenvalue weighted by Gasteiger charge is 2.15. The smallest absolute Gasteiger partial charge is 0.270 e. The van der Waals surface area contributed by atoms with Crippen molar-refractivity contribution in [1.82, 2.24) is 15.3 Å². The number of hydrogen-bond acceptors (Lipinski definition) is 5. The minimum atomic E-state index is -0.204. The number of benzene rings is 1. The SMILES string of the molecule is COc1ccccc1CNC(=O)c1cc(N2CCCCCC2)ncn1. The predicted molar refractivity (Wildman–Crippen MR) is 96.9 cm³/mol. The van der Waals surface area contributed by atoms with Crippen LogP contribution in [-0.4, -0.2) is 36.1 Å². The Morgan fingerprint density at radius 3 is 2.68 bits per heavy atom. The molecule has 1 aromatic heterocycles. The first-order chi connectivity index (χ1) is 12.3. The van der Waals surface area contributed by atoms with Gasteiger partial charge in [-0.15, -0.1) is 0 Å². The third-order valence-corrected chi connectivity index (χ3v) is 4.45. The molecule has 0 aliphatic carbocycles. The van der Waals surface area contributed by atoms with Gasteiger partial charge in [-0.05, 0) is 18.9 Å². The molecule has 25 heavy (non-hydrogen) atoms. The van der Waals surface area contributed by atoms with Crippen molar-refractivity contribution in [1.29, 1.82) is 0 Å². The monoisotopic (exact) mass is 340 g/mol. The summed E-state index contributed by atoms with van der Waals surface area (Å²) in [5, 5.41) is 2.90. The molecule has 3 rings (SSSR count). The fourth-order valence-corrected chi connectivity index (χ4v) is 3.06. The number of carbonyl (C=O) groups excluding carboxylic acids is 1. The number of methoxy groups -OCH3 is 1. The molecule has 132 valence electrons. The molecule has 2 heterocycles. The highest BCUT2D eigenvalue weighted by atomic mass is 16.5. The first-order valence-electron chi connectivity index (χ1n) is 8.75. The Morgan fingerprint density at radius 1 is 1.16 bits per heavy atom. The van der Waals surface area contributed by atoms with Crippen molar-refractivity contribution in [3.05, 3.63) is 47.9 Å². The Bertz CT molecular complexity index is 712. The summed E-state index contributed by atoms with van der Waals surface area (Å²) in [4.78, 5) is 23.2. The molecule has 1 saturated heterocycles. The van der Waals surface area contributed by atoms with Crippen LogP contribution in [0.15, 0.2) is 36.7 Å². The van der Waals surface area contributed by atoms with Gasteiger partial charge in [-0.2, -0.15) is 0 Å². The number of nitrogens with one attached hydrogen (secondary N) is 1. The molecular weight excluding hydrogens is 316 g/mol. The summed E-state index contributed by atoms with van der Waals surface area (Å²) in [6.07, 6.45) is 6.32. The topological polar surface area (TPSA) is 67.3 Å². The first-order valence-corrected chi connectivity index (χ1v) is 8.75. The Hall–Kier alpha value is -2.63. The average molecular weight is 340 g/mol. The second kappa shape index (κ2) is 8.46. The van der Waals surface area contributed by atoms with Crippen LogP contribution in [0.25, 0.3) is 0 Å². The van der Waals surface area contributed by atoms with E-state index in [-0.39, 0.29) is 5.91 Å². The fourth-order valence-electron chi connectivity index (χ4n) is 3.06. The molecule has 6 heteroatoms. The Kier molecular flexibility index (Phi) is 5.82. The van der Waals surface area contributed by atoms with Crippen molar-refractivity contribution >= 4 is 11.7 Å². The minimum absolute atomic E-state index is 0.204. The van der Waals surface area contributed by atoms with E-state index in [0.717, 1.165) is 30.2 Å². The summed E-state index contributed by atoms with van der Waals surface area (Å²) in [6, 6.07) is 9.42. The molecule has 1 aromatic carbocycles. The summed E-state index contributed by atoms with van der Waals surface area (Å²) >= 11 is 0. The quantitative estimate of drug-likeness (QED) is 0.906. The van der Waals surface area contributed by atoms with E-state index in [4.69, 9.17) is 4.74 Å². The van der Waals surface area contributed by atoms with Crippen LogP contribution in [0.4, 0.5) is 5.82 Å². The van der Waals surface area contributed by atoms with Crippen molar-refractivity contribution in [3.63, 3.8) is 0 Å². The van der Waals surface area contributed by atoms with Gasteiger partial charge in [-0.3, -0.25) is 4.79 Å². The number of carbonyl (C=O) groups is 1. The number of ether oxygens (including phenoxy) is 1. The van der Waals surface area contributed by atoms with E-state index >= 15 is 0 Å². The zero-order chi connectivity index (χ0) is 17.5. The highest BCUT2D eigenvalue weighted by Crippen LogP contribution is 2.18. The molecule has 0 saturated carbocycles. The first kappa shape index (κ1) is 17.2. The number of aromatic nitrogens is 2. The van der Waals surface area contributed by atoms with Gasteiger partial charge in [0, 0.05) is 31.3 Å². The third kappa shape index (κ3) is 4.47. The van der Waals surface area contributed by atoms with Crippen molar-refractivity contribution in [3.8, 4) is 5.75 Å². The van der Waals surface area contributed by atoms with Gasteiger partial charge in [0.25, 0.3) is 5.91 Å². The Morgan fingerprint density at radius 2 is 1.92 bits per heavy atom. The largest absolute Gasteiger partial charge is 0.496 e.